The third kappa shape index (κ3) is 5.16. The van der Waals surface area contributed by atoms with E-state index in [0.717, 1.165) is 19.6 Å². The van der Waals surface area contributed by atoms with Crippen LogP contribution in [-0.4, -0.2) is 47.3 Å². The van der Waals surface area contributed by atoms with Gasteiger partial charge in [-0.25, -0.2) is 9.97 Å². The maximum absolute atomic E-state index is 12.7. The molecule has 20 heavy (non-hydrogen) atoms. The molecule has 1 rings (SSSR count). The Kier molecular flexibility index (Phi) is 6.54. The van der Waals surface area contributed by atoms with Crippen LogP contribution in [0.25, 0.3) is 0 Å². The molecule has 1 aromatic rings. The average molecular weight is 308 g/mol. The summed E-state index contributed by atoms with van der Waals surface area (Å²) < 4.78 is 38.0. The predicted molar refractivity (Wildman–Crippen MR) is 75.1 cm³/mol. The minimum Gasteiger partial charge on any atom is -0.373 e. The van der Waals surface area contributed by atoms with E-state index in [0.29, 0.717) is 10.8 Å². The fraction of sp³-hybridized carbons (Fsp3) is 0.667. The first-order valence-electron chi connectivity index (χ1n) is 6.39. The van der Waals surface area contributed by atoms with Gasteiger partial charge in [-0.05, 0) is 13.1 Å². The first-order valence-corrected chi connectivity index (χ1v) is 7.38. The minimum absolute atomic E-state index is 0.178. The van der Waals surface area contributed by atoms with E-state index in [2.05, 4.69) is 34.0 Å². The summed E-state index contributed by atoms with van der Waals surface area (Å²) in [6.07, 6.45) is -4.53. The Balaban J connectivity index is 2.74. The maximum atomic E-state index is 12.7. The topological polar surface area (TPSA) is 41.0 Å². The highest BCUT2D eigenvalue weighted by atomic mass is 32.2. The molecule has 0 unspecified atom stereocenters. The Morgan fingerprint density at radius 2 is 1.90 bits per heavy atom. The highest BCUT2D eigenvalue weighted by molar-refractivity contribution is 7.99. The van der Waals surface area contributed by atoms with Crippen molar-refractivity contribution < 1.29 is 13.2 Å². The molecule has 0 aromatic carbocycles. The van der Waals surface area contributed by atoms with E-state index in [9.17, 15) is 13.2 Å². The third-order valence-electron chi connectivity index (χ3n) is 2.76. The molecule has 0 amide bonds. The lowest BCUT2D eigenvalue weighted by molar-refractivity contribution is -0.145. The highest BCUT2D eigenvalue weighted by Crippen LogP contribution is 2.29. The molecule has 0 bridgehead atoms. The molecule has 8 heteroatoms. The van der Waals surface area contributed by atoms with Crippen molar-refractivity contribution in [2.45, 2.75) is 25.0 Å². The molecule has 0 fully saturated rings. The van der Waals surface area contributed by atoms with Gasteiger partial charge in [0, 0.05) is 25.4 Å². The molecule has 1 aromatic heterocycles. The number of nitrogens with zero attached hydrogens (tertiary/aromatic N) is 3. The van der Waals surface area contributed by atoms with Crippen LogP contribution in [0.1, 0.15) is 19.7 Å². The van der Waals surface area contributed by atoms with Gasteiger partial charge in [-0.2, -0.15) is 13.2 Å². The lowest BCUT2D eigenvalue weighted by Crippen LogP contribution is -2.25. The van der Waals surface area contributed by atoms with Gasteiger partial charge in [0.1, 0.15) is 10.8 Å². The Bertz CT molecular complexity index is 422. The monoisotopic (exact) mass is 308 g/mol. The molecule has 0 saturated carbocycles. The van der Waals surface area contributed by atoms with Crippen LogP contribution in [0.4, 0.5) is 19.0 Å². The summed E-state index contributed by atoms with van der Waals surface area (Å²) in [6, 6.07) is 1.53. The summed E-state index contributed by atoms with van der Waals surface area (Å²) in [5.41, 5.74) is 0. The van der Waals surface area contributed by atoms with Crippen LogP contribution in [0.15, 0.2) is 11.1 Å². The van der Waals surface area contributed by atoms with Crippen LogP contribution in [0.5, 0.6) is 0 Å². The molecule has 0 saturated heterocycles. The van der Waals surface area contributed by atoms with Crippen molar-refractivity contribution in [1.82, 2.24) is 14.9 Å². The van der Waals surface area contributed by atoms with Gasteiger partial charge in [-0.1, -0.05) is 13.8 Å². The van der Waals surface area contributed by atoms with Crippen LogP contribution < -0.4 is 5.32 Å². The zero-order chi connectivity index (χ0) is 15.2. The van der Waals surface area contributed by atoms with E-state index >= 15 is 0 Å². The van der Waals surface area contributed by atoms with Gasteiger partial charge < -0.3 is 10.2 Å². The normalized spacial score (nSPS) is 11.9. The van der Waals surface area contributed by atoms with E-state index in [4.69, 9.17) is 0 Å². The zero-order valence-corrected chi connectivity index (χ0v) is 12.6. The Labute approximate surface area is 121 Å². The van der Waals surface area contributed by atoms with E-state index in [1.807, 2.05) is 0 Å². The predicted octanol–water partition coefficient (Wildman–Crippen LogP) is 2.97. The highest BCUT2D eigenvalue weighted by Gasteiger charge is 2.35. The van der Waals surface area contributed by atoms with Crippen molar-refractivity contribution >= 4 is 17.6 Å². The summed E-state index contributed by atoms with van der Waals surface area (Å²) in [7, 11) is 1.53. The van der Waals surface area contributed by atoms with Crippen LogP contribution in [0, 0.1) is 0 Å². The SMILES string of the molecule is CCN(CC)CCSc1cc(NC)nc(C(F)(F)F)n1. The number of halogens is 3. The first-order chi connectivity index (χ1) is 9.40. The van der Waals surface area contributed by atoms with E-state index in [1.165, 1.54) is 24.9 Å². The van der Waals surface area contributed by atoms with Gasteiger partial charge in [-0.15, -0.1) is 11.8 Å². The van der Waals surface area contributed by atoms with Crippen molar-refractivity contribution in [2.75, 3.05) is 37.8 Å². The van der Waals surface area contributed by atoms with Gasteiger partial charge >= 0.3 is 6.18 Å². The molecule has 0 radical (unpaired) electrons. The molecule has 1 heterocycles. The smallest absolute Gasteiger partial charge is 0.373 e. The average Bonchev–Trinajstić information content (AvgIpc) is 2.42. The summed E-state index contributed by atoms with van der Waals surface area (Å²) in [4.78, 5) is 9.20. The number of anilines is 1. The Morgan fingerprint density at radius 1 is 1.25 bits per heavy atom. The number of alkyl halides is 3. The molecule has 0 spiro atoms. The van der Waals surface area contributed by atoms with Gasteiger partial charge in [-0.3, -0.25) is 0 Å². The molecule has 114 valence electrons. The second kappa shape index (κ2) is 7.68. The molecular formula is C12H19F3N4S. The van der Waals surface area contributed by atoms with Crippen LogP contribution in [-0.2, 0) is 6.18 Å². The van der Waals surface area contributed by atoms with E-state index in [1.54, 1.807) is 0 Å². The van der Waals surface area contributed by atoms with Crippen molar-refractivity contribution in [2.24, 2.45) is 0 Å². The summed E-state index contributed by atoms with van der Waals surface area (Å²) >= 11 is 1.31. The lowest BCUT2D eigenvalue weighted by atomic mass is 10.5. The number of hydrogen-bond acceptors (Lipinski definition) is 5. The molecule has 0 aliphatic carbocycles. The molecule has 0 aliphatic rings. The van der Waals surface area contributed by atoms with E-state index < -0.39 is 12.0 Å². The first kappa shape index (κ1) is 17.0. The van der Waals surface area contributed by atoms with Gasteiger partial charge in [0.05, 0.1) is 0 Å². The fourth-order valence-corrected chi connectivity index (χ4v) is 2.48. The number of thioether (sulfide) groups is 1. The van der Waals surface area contributed by atoms with Crippen molar-refractivity contribution in [3.05, 3.63) is 11.9 Å². The Hall–Kier alpha value is -1.02. The molecule has 4 nitrogen and oxygen atoms in total. The summed E-state index contributed by atoms with van der Waals surface area (Å²) in [5, 5.41) is 2.96. The van der Waals surface area contributed by atoms with Gasteiger partial charge in [0.25, 0.3) is 0 Å². The molecule has 1 N–H and O–H groups in total. The second-order valence-electron chi connectivity index (χ2n) is 4.04. The van der Waals surface area contributed by atoms with Gasteiger partial charge in [0.15, 0.2) is 0 Å². The standard InChI is InChI=1S/C12H19F3N4S/c1-4-19(5-2)6-7-20-10-8-9(16-3)17-11(18-10)12(13,14)15/h8H,4-7H2,1-3H3,(H,16,17,18). The van der Waals surface area contributed by atoms with Crippen LogP contribution in [0.3, 0.4) is 0 Å². The number of rotatable bonds is 7. The van der Waals surface area contributed by atoms with Crippen LogP contribution >= 0.6 is 11.8 Å². The molecular weight excluding hydrogens is 289 g/mol. The van der Waals surface area contributed by atoms with Crippen molar-refractivity contribution in [1.29, 1.82) is 0 Å². The minimum atomic E-state index is -4.53. The zero-order valence-electron chi connectivity index (χ0n) is 11.8. The van der Waals surface area contributed by atoms with Gasteiger partial charge in [0.2, 0.25) is 5.82 Å². The lowest BCUT2D eigenvalue weighted by Gasteiger charge is -2.17. The second-order valence-corrected chi connectivity index (χ2v) is 5.15. The third-order valence-corrected chi connectivity index (χ3v) is 3.66. The van der Waals surface area contributed by atoms with Crippen molar-refractivity contribution in [3.8, 4) is 0 Å². The maximum Gasteiger partial charge on any atom is 0.451 e. The summed E-state index contributed by atoms with van der Waals surface area (Å²) in [5.74, 6) is -0.230. The number of aromatic nitrogens is 2. The largest absolute Gasteiger partial charge is 0.451 e. The fourth-order valence-electron chi connectivity index (χ4n) is 1.57. The number of hydrogen-bond donors (Lipinski definition) is 1. The Morgan fingerprint density at radius 3 is 2.40 bits per heavy atom. The number of nitrogens with one attached hydrogen (secondary N) is 1. The quantitative estimate of drug-likeness (QED) is 0.619. The molecule has 0 aliphatic heterocycles. The summed E-state index contributed by atoms with van der Waals surface area (Å²) in [6.45, 7) is 6.78. The van der Waals surface area contributed by atoms with Crippen molar-refractivity contribution in [3.63, 3.8) is 0 Å². The van der Waals surface area contributed by atoms with Crippen LogP contribution in [0.2, 0.25) is 0 Å². The van der Waals surface area contributed by atoms with E-state index in [-0.39, 0.29) is 5.82 Å². The molecule has 0 atom stereocenters.